The van der Waals surface area contributed by atoms with E-state index in [0.717, 1.165) is 10.0 Å². The van der Waals surface area contributed by atoms with Crippen LogP contribution in [0.4, 0.5) is 0 Å². The highest BCUT2D eigenvalue weighted by molar-refractivity contribution is 14.1. The molecule has 0 aliphatic heterocycles. The molecule has 66 valence electrons. The van der Waals surface area contributed by atoms with Gasteiger partial charge in [-0.1, -0.05) is 0 Å². The number of benzene rings is 1. The van der Waals surface area contributed by atoms with Crippen LogP contribution in [0.2, 0.25) is 0 Å². The van der Waals surface area contributed by atoms with Crippen LogP contribution < -0.4 is 0 Å². The van der Waals surface area contributed by atoms with Gasteiger partial charge < -0.3 is 4.42 Å². The lowest BCUT2D eigenvalue weighted by Gasteiger charge is -1.99. The summed E-state index contributed by atoms with van der Waals surface area (Å²) < 4.78 is 7.38. The molecule has 1 aromatic heterocycles. The van der Waals surface area contributed by atoms with Gasteiger partial charge in [-0.15, -0.1) is 0 Å². The van der Waals surface area contributed by atoms with E-state index >= 15 is 0 Å². The van der Waals surface area contributed by atoms with Gasteiger partial charge in [0.05, 0.1) is 11.8 Å². The monoisotopic (exact) mass is 349 g/mol. The molecular weight excluding hydrogens is 345 g/mol. The second-order valence-electron chi connectivity index (χ2n) is 2.46. The van der Waals surface area contributed by atoms with E-state index in [4.69, 9.17) is 4.42 Å². The Hall–Kier alpha value is -0.360. The minimum absolute atomic E-state index is 0.642. The summed E-state index contributed by atoms with van der Waals surface area (Å²) >= 11 is 5.72. The van der Waals surface area contributed by atoms with E-state index in [1.165, 1.54) is 3.57 Å². The van der Waals surface area contributed by atoms with Crippen molar-refractivity contribution < 1.29 is 4.42 Å². The molecule has 0 saturated heterocycles. The third kappa shape index (κ3) is 1.94. The van der Waals surface area contributed by atoms with Gasteiger partial charge in [-0.05, 0) is 56.7 Å². The Balaban J connectivity index is 2.53. The van der Waals surface area contributed by atoms with Crippen molar-refractivity contribution in [3.05, 3.63) is 38.7 Å². The van der Waals surface area contributed by atoms with E-state index in [1.807, 2.05) is 18.2 Å². The molecule has 0 fully saturated rings. The van der Waals surface area contributed by atoms with Crippen LogP contribution in [-0.4, -0.2) is 4.98 Å². The van der Waals surface area contributed by atoms with Crippen molar-refractivity contribution in [2.24, 2.45) is 0 Å². The van der Waals surface area contributed by atoms with E-state index in [0.29, 0.717) is 5.89 Å². The van der Waals surface area contributed by atoms with Gasteiger partial charge in [0, 0.05) is 8.04 Å². The molecule has 0 aliphatic carbocycles. The summed E-state index contributed by atoms with van der Waals surface area (Å²) in [5, 5.41) is 0. The molecule has 0 saturated carbocycles. The number of hydrogen-bond acceptors (Lipinski definition) is 2. The van der Waals surface area contributed by atoms with Gasteiger partial charge in [0.15, 0.2) is 0 Å². The molecule has 0 amide bonds. The fourth-order valence-electron chi connectivity index (χ4n) is 1.02. The van der Waals surface area contributed by atoms with Crippen molar-refractivity contribution in [3.63, 3.8) is 0 Å². The van der Waals surface area contributed by atoms with Gasteiger partial charge in [-0.3, -0.25) is 0 Å². The lowest BCUT2D eigenvalue weighted by Crippen LogP contribution is -1.80. The highest BCUT2D eigenvalue weighted by Crippen LogP contribution is 2.28. The van der Waals surface area contributed by atoms with Crippen molar-refractivity contribution in [1.29, 1.82) is 0 Å². The first-order chi connectivity index (χ1) is 6.27. The molecule has 0 bridgehead atoms. The fraction of sp³-hybridized carbons (Fsp3) is 0. The third-order valence-corrected chi connectivity index (χ3v) is 2.92. The van der Waals surface area contributed by atoms with Crippen molar-refractivity contribution in [1.82, 2.24) is 4.98 Å². The van der Waals surface area contributed by atoms with Crippen LogP contribution in [0.15, 0.2) is 39.5 Å². The molecule has 0 aliphatic rings. The molecule has 0 atom stereocenters. The van der Waals surface area contributed by atoms with Gasteiger partial charge in [-0.25, -0.2) is 4.98 Å². The van der Waals surface area contributed by atoms with E-state index < -0.39 is 0 Å². The maximum Gasteiger partial charge on any atom is 0.227 e. The minimum Gasteiger partial charge on any atom is -0.444 e. The van der Waals surface area contributed by atoms with Crippen LogP contribution >= 0.6 is 38.5 Å². The first-order valence-corrected chi connectivity index (χ1v) is 5.49. The quantitative estimate of drug-likeness (QED) is 0.733. The van der Waals surface area contributed by atoms with E-state index in [2.05, 4.69) is 43.5 Å². The summed E-state index contributed by atoms with van der Waals surface area (Å²) in [6.07, 6.45) is 3.21. The Bertz CT molecular complexity index is 414. The molecule has 2 aromatic rings. The number of halogens is 2. The van der Waals surface area contributed by atoms with Gasteiger partial charge >= 0.3 is 0 Å². The van der Waals surface area contributed by atoms with Crippen molar-refractivity contribution in [2.75, 3.05) is 0 Å². The highest BCUT2D eigenvalue weighted by atomic mass is 127. The molecule has 0 spiro atoms. The van der Waals surface area contributed by atoms with Crippen LogP contribution in [0.3, 0.4) is 0 Å². The zero-order valence-electron chi connectivity index (χ0n) is 6.50. The Kier molecular flexibility index (Phi) is 2.69. The van der Waals surface area contributed by atoms with Gasteiger partial charge in [0.2, 0.25) is 5.89 Å². The van der Waals surface area contributed by atoms with Gasteiger partial charge in [0.1, 0.15) is 6.26 Å². The van der Waals surface area contributed by atoms with Crippen LogP contribution in [0.25, 0.3) is 11.5 Å². The Morgan fingerprint density at radius 2 is 2.23 bits per heavy atom. The second-order valence-corrected chi connectivity index (χ2v) is 4.56. The number of rotatable bonds is 1. The summed E-state index contributed by atoms with van der Waals surface area (Å²) in [4.78, 5) is 4.08. The molecule has 1 aromatic carbocycles. The Morgan fingerprint density at radius 3 is 2.85 bits per heavy atom. The summed E-state index contributed by atoms with van der Waals surface area (Å²) in [5.74, 6) is 0.642. The van der Waals surface area contributed by atoms with Crippen molar-refractivity contribution in [3.8, 4) is 11.5 Å². The number of aromatic nitrogens is 1. The Morgan fingerprint density at radius 1 is 1.38 bits per heavy atom. The summed E-state index contributed by atoms with van der Waals surface area (Å²) in [7, 11) is 0. The lowest BCUT2D eigenvalue weighted by atomic mass is 10.2. The topological polar surface area (TPSA) is 26.0 Å². The van der Waals surface area contributed by atoms with Crippen molar-refractivity contribution in [2.45, 2.75) is 0 Å². The lowest BCUT2D eigenvalue weighted by molar-refractivity contribution is 0.574. The molecular formula is C9H5BrINO. The summed E-state index contributed by atoms with van der Waals surface area (Å²) in [6, 6.07) is 6.03. The van der Waals surface area contributed by atoms with E-state index in [9.17, 15) is 0 Å². The SMILES string of the molecule is Brc1cc(I)ccc1-c1ncco1. The van der Waals surface area contributed by atoms with Crippen molar-refractivity contribution >= 4 is 38.5 Å². The van der Waals surface area contributed by atoms with E-state index in [-0.39, 0.29) is 0 Å². The van der Waals surface area contributed by atoms with Crippen LogP contribution in [0.5, 0.6) is 0 Å². The first kappa shape index (κ1) is 9.21. The first-order valence-electron chi connectivity index (χ1n) is 3.62. The second kappa shape index (κ2) is 3.79. The normalized spacial score (nSPS) is 10.3. The maximum absolute atomic E-state index is 5.20. The predicted molar refractivity (Wildman–Crippen MR) is 62.4 cm³/mol. The molecule has 4 heteroatoms. The number of oxazole rings is 1. The molecule has 0 N–H and O–H groups in total. The molecule has 13 heavy (non-hydrogen) atoms. The van der Waals surface area contributed by atoms with Gasteiger partial charge in [-0.2, -0.15) is 0 Å². The van der Waals surface area contributed by atoms with E-state index in [1.54, 1.807) is 12.5 Å². The smallest absolute Gasteiger partial charge is 0.227 e. The average molecular weight is 350 g/mol. The molecule has 2 rings (SSSR count). The Labute approximate surface area is 97.6 Å². The zero-order valence-corrected chi connectivity index (χ0v) is 10.2. The molecule has 0 radical (unpaired) electrons. The largest absolute Gasteiger partial charge is 0.444 e. The number of hydrogen-bond donors (Lipinski definition) is 0. The van der Waals surface area contributed by atoms with Crippen LogP contribution in [0, 0.1) is 3.57 Å². The van der Waals surface area contributed by atoms with Crippen LogP contribution in [-0.2, 0) is 0 Å². The standard InChI is InChI=1S/C9H5BrINO/c10-8-5-6(11)1-2-7(8)9-12-3-4-13-9/h1-5H. The molecule has 0 unspecified atom stereocenters. The minimum atomic E-state index is 0.642. The number of nitrogens with zero attached hydrogens (tertiary/aromatic N) is 1. The average Bonchev–Trinajstić information content (AvgIpc) is 2.56. The predicted octanol–water partition coefficient (Wildman–Crippen LogP) is 3.71. The van der Waals surface area contributed by atoms with Crippen LogP contribution in [0.1, 0.15) is 0 Å². The highest BCUT2D eigenvalue weighted by Gasteiger charge is 2.06. The summed E-state index contributed by atoms with van der Waals surface area (Å²) in [6.45, 7) is 0. The molecule has 1 heterocycles. The maximum atomic E-state index is 5.20. The van der Waals surface area contributed by atoms with Gasteiger partial charge in [0.25, 0.3) is 0 Å². The zero-order chi connectivity index (χ0) is 9.26. The fourth-order valence-corrected chi connectivity index (χ4v) is 2.49. The molecule has 2 nitrogen and oxygen atoms in total. The summed E-state index contributed by atoms with van der Waals surface area (Å²) in [5.41, 5.74) is 0.977. The third-order valence-electron chi connectivity index (χ3n) is 1.59.